The van der Waals surface area contributed by atoms with Gasteiger partial charge in [-0.25, -0.2) is 0 Å². The molecule has 0 N–H and O–H groups in total. The first kappa shape index (κ1) is 14.2. The highest BCUT2D eigenvalue weighted by Gasteiger charge is 2.33. The Hall–Kier alpha value is -1.26. The molecule has 1 aliphatic heterocycles. The van der Waals surface area contributed by atoms with Gasteiger partial charge in [-0.05, 0) is 37.1 Å². The van der Waals surface area contributed by atoms with Crippen molar-refractivity contribution in [2.45, 2.75) is 26.3 Å². The van der Waals surface area contributed by atoms with Gasteiger partial charge < -0.3 is 9.53 Å². The van der Waals surface area contributed by atoms with Crippen LogP contribution in [0.1, 0.15) is 25.3 Å². The van der Waals surface area contributed by atoms with Crippen LogP contribution in [-0.2, 0) is 16.1 Å². The second-order valence-corrected chi connectivity index (χ2v) is 5.25. The third-order valence-corrected chi connectivity index (χ3v) is 3.88. The van der Waals surface area contributed by atoms with Crippen molar-refractivity contribution in [2.75, 3.05) is 26.3 Å². The molecule has 4 nitrogen and oxygen atoms in total. The first-order valence-corrected chi connectivity index (χ1v) is 6.93. The SMILES string of the molecule is CCN(Cc1ccncc1)CC1(C=O)CCOCC1. The highest BCUT2D eigenvalue weighted by molar-refractivity contribution is 5.60. The Bertz CT molecular complexity index is 388. The molecule has 0 spiro atoms. The molecule has 1 fully saturated rings. The fraction of sp³-hybridized carbons (Fsp3) is 0.600. The Morgan fingerprint density at radius 3 is 2.63 bits per heavy atom. The summed E-state index contributed by atoms with van der Waals surface area (Å²) in [6.07, 6.45) is 6.44. The molecule has 2 rings (SSSR count). The van der Waals surface area contributed by atoms with Gasteiger partial charge in [-0.1, -0.05) is 6.92 Å². The van der Waals surface area contributed by atoms with Crippen molar-refractivity contribution in [2.24, 2.45) is 5.41 Å². The molecule has 0 unspecified atom stereocenters. The third-order valence-electron chi connectivity index (χ3n) is 3.88. The van der Waals surface area contributed by atoms with Crippen molar-refractivity contribution in [3.63, 3.8) is 0 Å². The van der Waals surface area contributed by atoms with Gasteiger partial charge in [0.15, 0.2) is 0 Å². The zero-order valence-corrected chi connectivity index (χ0v) is 11.5. The van der Waals surface area contributed by atoms with Crippen LogP contribution in [0, 0.1) is 5.41 Å². The predicted molar refractivity (Wildman–Crippen MR) is 73.7 cm³/mol. The molecule has 0 radical (unpaired) electrons. The molecule has 104 valence electrons. The minimum Gasteiger partial charge on any atom is -0.381 e. The number of rotatable bonds is 6. The van der Waals surface area contributed by atoms with Crippen LogP contribution in [0.25, 0.3) is 0 Å². The predicted octanol–water partition coefficient (Wildman–Crippen LogP) is 1.90. The molecule has 0 aliphatic carbocycles. The summed E-state index contributed by atoms with van der Waals surface area (Å²) in [4.78, 5) is 17.9. The molecule has 1 aromatic heterocycles. The molecule has 1 aromatic rings. The van der Waals surface area contributed by atoms with Crippen LogP contribution in [0.4, 0.5) is 0 Å². The molecule has 0 atom stereocenters. The summed E-state index contributed by atoms with van der Waals surface area (Å²) < 4.78 is 5.37. The van der Waals surface area contributed by atoms with Gasteiger partial charge in [0.1, 0.15) is 6.29 Å². The Morgan fingerprint density at radius 2 is 2.05 bits per heavy atom. The van der Waals surface area contributed by atoms with E-state index in [0.29, 0.717) is 13.2 Å². The van der Waals surface area contributed by atoms with Crippen LogP contribution >= 0.6 is 0 Å². The summed E-state index contributed by atoms with van der Waals surface area (Å²) in [5.74, 6) is 0. The smallest absolute Gasteiger partial charge is 0.127 e. The second-order valence-electron chi connectivity index (χ2n) is 5.25. The van der Waals surface area contributed by atoms with Crippen LogP contribution in [-0.4, -0.2) is 42.5 Å². The zero-order chi connectivity index (χ0) is 13.6. The van der Waals surface area contributed by atoms with Crippen LogP contribution in [0.3, 0.4) is 0 Å². The van der Waals surface area contributed by atoms with Gasteiger partial charge in [0.05, 0.1) is 0 Å². The molecule has 0 amide bonds. The summed E-state index contributed by atoms with van der Waals surface area (Å²) in [6.45, 7) is 6.17. The summed E-state index contributed by atoms with van der Waals surface area (Å²) in [5.41, 5.74) is 1.02. The van der Waals surface area contributed by atoms with E-state index < -0.39 is 0 Å². The number of aromatic nitrogens is 1. The molecule has 4 heteroatoms. The topological polar surface area (TPSA) is 42.4 Å². The van der Waals surface area contributed by atoms with Crippen molar-refractivity contribution < 1.29 is 9.53 Å². The number of carbonyl (C=O) groups is 1. The van der Waals surface area contributed by atoms with E-state index >= 15 is 0 Å². The van der Waals surface area contributed by atoms with E-state index in [0.717, 1.165) is 38.8 Å². The second kappa shape index (κ2) is 6.78. The van der Waals surface area contributed by atoms with Gasteiger partial charge in [0.2, 0.25) is 0 Å². The molecular formula is C15H22N2O2. The van der Waals surface area contributed by atoms with Crippen molar-refractivity contribution in [3.05, 3.63) is 30.1 Å². The first-order valence-electron chi connectivity index (χ1n) is 6.93. The molecule has 1 saturated heterocycles. The van der Waals surface area contributed by atoms with Crippen LogP contribution in [0.2, 0.25) is 0 Å². The monoisotopic (exact) mass is 262 g/mol. The Balaban J connectivity index is 1.99. The van der Waals surface area contributed by atoms with Gasteiger partial charge in [-0.15, -0.1) is 0 Å². The van der Waals surface area contributed by atoms with Gasteiger partial charge in [-0.2, -0.15) is 0 Å². The van der Waals surface area contributed by atoms with Crippen molar-refractivity contribution in [1.82, 2.24) is 9.88 Å². The zero-order valence-electron chi connectivity index (χ0n) is 11.5. The molecule has 19 heavy (non-hydrogen) atoms. The first-order chi connectivity index (χ1) is 9.28. The lowest BCUT2D eigenvalue weighted by Crippen LogP contribution is -2.42. The fourth-order valence-electron chi connectivity index (χ4n) is 2.56. The van der Waals surface area contributed by atoms with Gasteiger partial charge in [-0.3, -0.25) is 9.88 Å². The summed E-state index contributed by atoms with van der Waals surface area (Å²) >= 11 is 0. The van der Waals surface area contributed by atoms with Crippen molar-refractivity contribution in [3.8, 4) is 0 Å². The van der Waals surface area contributed by atoms with Crippen LogP contribution in [0.5, 0.6) is 0 Å². The Labute approximate surface area is 114 Å². The molecule has 0 aromatic carbocycles. The normalized spacial score (nSPS) is 18.4. The molecule has 2 heterocycles. The van der Waals surface area contributed by atoms with Crippen molar-refractivity contribution in [1.29, 1.82) is 0 Å². The molecule has 1 aliphatic rings. The average molecular weight is 262 g/mol. The fourth-order valence-corrected chi connectivity index (χ4v) is 2.56. The van der Waals surface area contributed by atoms with Gasteiger partial charge in [0.25, 0.3) is 0 Å². The maximum absolute atomic E-state index is 11.5. The third kappa shape index (κ3) is 3.85. The van der Waals surface area contributed by atoms with E-state index in [2.05, 4.69) is 16.8 Å². The van der Waals surface area contributed by atoms with E-state index in [1.807, 2.05) is 24.5 Å². The number of ether oxygens (including phenoxy) is 1. The molecule has 0 saturated carbocycles. The van der Waals surface area contributed by atoms with E-state index in [1.165, 1.54) is 5.56 Å². The summed E-state index contributed by atoms with van der Waals surface area (Å²) in [6, 6.07) is 4.06. The van der Waals surface area contributed by atoms with E-state index in [9.17, 15) is 4.79 Å². The highest BCUT2D eigenvalue weighted by Crippen LogP contribution is 2.29. The number of carbonyl (C=O) groups excluding carboxylic acids is 1. The van der Waals surface area contributed by atoms with E-state index in [1.54, 1.807) is 0 Å². The number of pyridine rings is 1. The summed E-state index contributed by atoms with van der Waals surface area (Å²) in [7, 11) is 0. The van der Waals surface area contributed by atoms with Crippen molar-refractivity contribution >= 4 is 6.29 Å². The average Bonchev–Trinajstić information content (AvgIpc) is 2.48. The molecule has 0 bridgehead atoms. The standard InChI is InChI=1S/C15H22N2O2/c1-2-17(11-14-3-7-16-8-4-14)12-15(13-18)5-9-19-10-6-15/h3-4,7-8,13H,2,5-6,9-12H2,1H3. The maximum atomic E-state index is 11.5. The number of aldehydes is 1. The van der Waals surface area contributed by atoms with E-state index in [-0.39, 0.29) is 5.41 Å². The lowest BCUT2D eigenvalue weighted by Gasteiger charge is -2.36. The quantitative estimate of drug-likeness (QED) is 0.734. The summed E-state index contributed by atoms with van der Waals surface area (Å²) in [5, 5.41) is 0. The maximum Gasteiger partial charge on any atom is 0.127 e. The van der Waals surface area contributed by atoms with Crippen LogP contribution < -0.4 is 0 Å². The number of nitrogens with zero attached hydrogens (tertiary/aromatic N) is 2. The van der Waals surface area contributed by atoms with E-state index in [4.69, 9.17) is 4.74 Å². The minimum atomic E-state index is -0.221. The van der Waals surface area contributed by atoms with Crippen LogP contribution in [0.15, 0.2) is 24.5 Å². The largest absolute Gasteiger partial charge is 0.381 e. The lowest BCUT2D eigenvalue weighted by atomic mass is 9.81. The van der Waals surface area contributed by atoms with Gasteiger partial charge in [0, 0.05) is 44.1 Å². The Kier molecular flexibility index (Phi) is 5.05. The van der Waals surface area contributed by atoms with Gasteiger partial charge >= 0.3 is 0 Å². The minimum absolute atomic E-state index is 0.221. The Morgan fingerprint density at radius 1 is 1.37 bits per heavy atom. The number of hydrogen-bond acceptors (Lipinski definition) is 4. The lowest BCUT2D eigenvalue weighted by molar-refractivity contribution is -0.123. The molecular weight excluding hydrogens is 240 g/mol. The number of hydrogen-bond donors (Lipinski definition) is 0. The highest BCUT2D eigenvalue weighted by atomic mass is 16.5.